The van der Waals surface area contributed by atoms with Gasteiger partial charge in [0.15, 0.2) is 0 Å². The molecule has 3 nitrogen and oxygen atoms in total. The number of aromatic nitrogens is 3. The minimum atomic E-state index is 0.558. The van der Waals surface area contributed by atoms with Gasteiger partial charge < -0.3 is 9.97 Å². The van der Waals surface area contributed by atoms with Crippen LogP contribution in [-0.4, -0.2) is 15.0 Å². The lowest BCUT2D eigenvalue weighted by Gasteiger charge is -2.04. The molecule has 4 rings (SSSR count). The summed E-state index contributed by atoms with van der Waals surface area (Å²) in [6.07, 6.45) is 3.85. The molecule has 0 saturated heterocycles. The molecule has 0 bridgehead atoms. The van der Waals surface area contributed by atoms with Crippen molar-refractivity contribution in [1.82, 2.24) is 15.0 Å². The molecule has 4 aromatic rings. The summed E-state index contributed by atoms with van der Waals surface area (Å²) in [6, 6.07) is 12.6. The molecule has 0 radical (unpaired) electrons. The largest absolute Gasteiger partial charge is 0.358 e. The van der Waals surface area contributed by atoms with Crippen molar-refractivity contribution < 1.29 is 0 Å². The summed E-state index contributed by atoms with van der Waals surface area (Å²) < 4.78 is 0. The van der Waals surface area contributed by atoms with E-state index in [1.54, 1.807) is 0 Å². The summed E-state index contributed by atoms with van der Waals surface area (Å²) in [7, 11) is 0. The smallest absolute Gasteiger partial charge is 0.137 e. The Kier molecular flexibility index (Phi) is 4.93. The van der Waals surface area contributed by atoms with Crippen molar-refractivity contribution >= 4 is 21.9 Å². The lowest BCUT2D eigenvalue weighted by atomic mass is 10.00. The first-order valence-electron chi connectivity index (χ1n) is 8.98. The minimum absolute atomic E-state index is 0.558. The van der Waals surface area contributed by atoms with E-state index in [1.807, 2.05) is 18.5 Å². The van der Waals surface area contributed by atoms with Crippen LogP contribution < -0.4 is 0 Å². The first kappa shape index (κ1) is 17.3. The van der Waals surface area contributed by atoms with Gasteiger partial charge in [-0.2, -0.15) is 0 Å². The molecule has 0 aliphatic heterocycles. The summed E-state index contributed by atoms with van der Waals surface area (Å²) in [6.45, 7) is 11.0. The maximum absolute atomic E-state index is 4.23. The Labute approximate surface area is 149 Å². The number of hydrogen-bond donors (Lipinski definition) is 2. The third-order valence-electron chi connectivity index (χ3n) is 4.63. The van der Waals surface area contributed by atoms with Crippen molar-refractivity contribution in [2.45, 2.75) is 46.5 Å². The van der Waals surface area contributed by atoms with E-state index in [-0.39, 0.29) is 0 Å². The van der Waals surface area contributed by atoms with Crippen molar-refractivity contribution in [3.63, 3.8) is 0 Å². The van der Waals surface area contributed by atoms with E-state index in [0.717, 1.165) is 5.65 Å². The molecular formula is C22H27N3. The first-order valence-corrected chi connectivity index (χ1v) is 8.98. The Morgan fingerprint density at radius 1 is 0.880 bits per heavy atom. The highest BCUT2D eigenvalue weighted by Crippen LogP contribution is 2.28. The number of aryl methyl sites for hydroxylation is 1. The standard InChI is InChI=1S/C12H15N.C10H12N2/c1-8(2)12-9(3)13-11-7-5-4-6-10(11)12;1-7(2)9-6-12-10-8(9)4-3-5-11-10/h4-8,13H,1-3H3;3-7H,1-2H3,(H,11,12). The monoisotopic (exact) mass is 333 g/mol. The molecule has 3 heteroatoms. The molecule has 3 aromatic heterocycles. The Morgan fingerprint density at radius 2 is 1.60 bits per heavy atom. The van der Waals surface area contributed by atoms with Crippen LogP contribution in [0.15, 0.2) is 48.8 Å². The zero-order valence-electron chi connectivity index (χ0n) is 15.7. The lowest BCUT2D eigenvalue weighted by Crippen LogP contribution is -1.87. The second kappa shape index (κ2) is 7.14. The SMILES string of the molecule is CC(C)c1c[nH]c2ncccc12.Cc1[nH]c2ccccc2c1C(C)C. The molecule has 130 valence electrons. The van der Waals surface area contributed by atoms with Gasteiger partial charge in [-0.25, -0.2) is 4.98 Å². The summed E-state index contributed by atoms with van der Waals surface area (Å²) in [5.41, 5.74) is 6.34. The normalized spacial score (nSPS) is 11.3. The maximum atomic E-state index is 4.23. The molecule has 0 spiro atoms. The van der Waals surface area contributed by atoms with Crippen LogP contribution in [0.3, 0.4) is 0 Å². The number of para-hydroxylation sites is 1. The molecule has 0 amide bonds. The molecule has 25 heavy (non-hydrogen) atoms. The van der Waals surface area contributed by atoms with Crippen LogP contribution in [0.2, 0.25) is 0 Å². The Balaban J connectivity index is 0.000000146. The van der Waals surface area contributed by atoms with E-state index >= 15 is 0 Å². The van der Waals surface area contributed by atoms with Gasteiger partial charge >= 0.3 is 0 Å². The quantitative estimate of drug-likeness (QED) is 0.445. The molecule has 0 aliphatic carbocycles. The molecule has 0 saturated carbocycles. The van der Waals surface area contributed by atoms with E-state index in [0.29, 0.717) is 11.8 Å². The molecule has 2 N–H and O–H groups in total. The van der Waals surface area contributed by atoms with Crippen molar-refractivity contribution in [3.8, 4) is 0 Å². The molecule has 0 atom stereocenters. The highest BCUT2D eigenvalue weighted by atomic mass is 14.8. The van der Waals surface area contributed by atoms with Crippen LogP contribution in [0, 0.1) is 6.92 Å². The summed E-state index contributed by atoms with van der Waals surface area (Å²) in [5.74, 6) is 1.15. The third kappa shape index (κ3) is 3.46. The number of nitrogens with one attached hydrogen (secondary N) is 2. The van der Waals surface area contributed by atoms with Gasteiger partial charge in [0.1, 0.15) is 5.65 Å². The highest BCUT2D eigenvalue weighted by Gasteiger charge is 2.10. The van der Waals surface area contributed by atoms with Gasteiger partial charge in [-0.3, -0.25) is 0 Å². The number of pyridine rings is 1. The predicted octanol–water partition coefficient (Wildman–Crippen LogP) is 6.29. The summed E-state index contributed by atoms with van der Waals surface area (Å²) in [4.78, 5) is 10.8. The van der Waals surface area contributed by atoms with Crippen molar-refractivity contribution in [3.05, 3.63) is 65.6 Å². The van der Waals surface area contributed by atoms with Crippen molar-refractivity contribution in [2.75, 3.05) is 0 Å². The zero-order valence-corrected chi connectivity index (χ0v) is 15.7. The summed E-state index contributed by atoms with van der Waals surface area (Å²) in [5, 5.41) is 2.61. The number of fused-ring (bicyclic) bond motifs is 2. The van der Waals surface area contributed by atoms with Crippen LogP contribution in [-0.2, 0) is 0 Å². The fourth-order valence-electron chi connectivity index (χ4n) is 3.50. The Bertz CT molecular complexity index is 973. The average molecular weight is 333 g/mol. The van der Waals surface area contributed by atoms with E-state index in [4.69, 9.17) is 0 Å². The zero-order chi connectivity index (χ0) is 18.0. The topological polar surface area (TPSA) is 44.5 Å². The first-order chi connectivity index (χ1) is 12.0. The number of hydrogen-bond acceptors (Lipinski definition) is 1. The average Bonchev–Trinajstić information content (AvgIpc) is 3.15. The lowest BCUT2D eigenvalue weighted by molar-refractivity contribution is 0.864. The Hall–Kier alpha value is -2.55. The third-order valence-corrected chi connectivity index (χ3v) is 4.63. The van der Waals surface area contributed by atoms with Crippen LogP contribution >= 0.6 is 0 Å². The fourth-order valence-corrected chi connectivity index (χ4v) is 3.50. The maximum Gasteiger partial charge on any atom is 0.137 e. The fraction of sp³-hybridized carbons (Fsp3) is 0.318. The number of H-pyrrole nitrogens is 2. The van der Waals surface area contributed by atoms with Gasteiger partial charge in [-0.15, -0.1) is 0 Å². The van der Waals surface area contributed by atoms with Gasteiger partial charge in [-0.1, -0.05) is 45.9 Å². The number of aromatic amines is 2. The molecule has 0 fully saturated rings. The molecule has 3 heterocycles. The van der Waals surface area contributed by atoms with Crippen molar-refractivity contribution in [2.24, 2.45) is 0 Å². The van der Waals surface area contributed by atoms with Gasteiger partial charge in [0.25, 0.3) is 0 Å². The van der Waals surface area contributed by atoms with E-state index in [1.165, 1.54) is 33.1 Å². The van der Waals surface area contributed by atoms with Gasteiger partial charge in [0.05, 0.1) is 0 Å². The second-order valence-electron chi connectivity index (χ2n) is 7.16. The second-order valence-corrected chi connectivity index (χ2v) is 7.16. The highest BCUT2D eigenvalue weighted by molar-refractivity contribution is 5.85. The number of rotatable bonds is 2. The van der Waals surface area contributed by atoms with Crippen LogP contribution in [0.5, 0.6) is 0 Å². The van der Waals surface area contributed by atoms with Crippen molar-refractivity contribution in [1.29, 1.82) is 0 Å². The van der Waals surface area contributed by atoms with Gasteiger partial charge in [-0.05, 0) is 48.1 Å². The van der Waals surface area contributed by atoms with Gasteiger partial charge in [0.2, 0.25) is 0 Å². The van der Waals surface area contributed by atoms with E-state index in [2.05, 4.69) is 79.9 Å². The van der Waals surface area contributed by atoms with Gasteiger partial charge in [0, 0.05) is 34.4 Å². The van der Waals surface area contributed by atoms with E-state index in [9.17, 15) is 0 Å². The number of nitrogens with zero attached hydrogens (tertiary/aromatic N) is 1. The van der Waals surface area contributed by atoms with Crippen LogP contribution in [0.25, 0.3) is 21.9 Å². The van der Waals surface area contributed by atoms with E-state index < -0.39 is 0 Å². The molecule has 1 aromatic carbocycles. The predicted molar refractivity (Wildman–Crippen MR) is 107 cm³/mol. The Morgan fingerprint density at radius 3 is 2.32 bits per heavy atom. The summed E-state index contributed by atoms with van der Waals surface area (Å²) >= 11 is 0. The molecular weight excluding hydrogens is 306 g/mol. The minimum Gasteiger partial charge on any atom is -0.358 e. The number of benzene rings is 1. The van der Waals surface area contributed by atoms with Crippen LogP contribution in [0.1, 0.15) is 56.4 Å². The molecule has 0 aliphatic rings. The molecule has 0 unspecified atom stereocenters. The van der Waals surface area contributed by atoms with Crippen LogP contribution in [0.4, 0.5) is 0 Å².